The lowest BCUT2D eigenvalue weighted by Gasteiger charge is -2.48. The number of nitrogens with zero attached hydrogens (tertiary/aromatic N) is 3. The molecule has 1 N–H and O–H groups in total. The molecule has 0 bridgehead atoms. The highest BCUT2D eigenvalue weighted by molar-refractivity contribution is 5.31. The molecule has 138 valence electrons. The highest BCUT2D eigenvalue weighted by Crippen LogP contribution is 2.43. The fourth-order valence-corrected chi connectivity index (χ4v) is 4.16. The summed E-state index contributed by atoms with van der Waals surface area (Å²) in [6.07, 6.45) is 7.65. The Hall–Kier alpha value is -1.98. The number of benzene rings is 1. The molecule has 1 aromatic carbocycles. The zero-order valence-electron chi connectivity index (χ0n) is 15.3. The molecule has 0 saturated carbocycles. The second kappa shape index (κ2) is 7.33. The maximum absolute atomic E-state index is 10.5. The van der Waals surface area contributed by atoms with Gasteiger partial charge in [0.25, 0.3) is 0 Å². The van der Waals surface area contributed by atoms with E-state index in [0.29, 0.717) is 6.42 Å². The van der Waals surface area contributed by atoms with Crippen molar-refractivity contribution in [2.24, 2.45) is 0 Å². The Kier molecular flexibility index (Phi) is 4.92. The van der Waals surface area contributed by atoms with Gasteiger partial charge in [-0.2, -0.15) is 0 Å². The van der Waals surface area contributed by atoms with Crippen molar-refractivity contribution in [3.63, 3.8) is 0 Å². The third kappa shape index (κ3) is 3.60. The molecule has 2 atom stereocenters. The largest absolute Gasteiger partial charge is 0.393 e. The quantitative estimate of drug-likeness (QED) is 0.917. The van der Waals surface area contributed by atoms with E-state index in [9.17, 15) is 5.11 Å². The van der Waals surface area contributed by atoms with E-state index < -0.39 is 0 Å². The fourth-order valence-electron chi connectivity index (χ4n) is 4.16. The van der Waals surface area contributed by atoms with Gasteiger partial charge in [-0.15, -0.1) is 0 Å². The number of rotatable bonds is 3. The van der Waals surface area contributed by atoms with E-state index in [1.54, 1.807) is 0 Å². The van der Waals surface area contributed by atoms with E-state index in [-0.39, 0.29) is 17.8 Å². The minimum absolute atomic E-state index is 0.0217. The average Bonchev–Trinajstić information content (AvgIpc) is 2.69. The van der Waals surface area contributed by atoms with Crippen molar-refractivity contribution < 1.29 is 9.84 Å². The number of hydrogen-bond donors (Lipinski definition) is 1. The second-order valence-electron chi connectivity index (χ2n) is 7.53. The van der Waals surface area contributed by atoms with Crippen LogP contribution in [-0.4, -0.2) is 39.9 Å². The van der Waals surface area contributed by atoms with Crippen molar-refractivity contribution >= 4 is 5.95 Å². The van der Waals surface area contributed by atoms with Crippen molar-refractivity contribution in [1.29, 1.82) is 0 Å². The summed E-state index contributed by atoms with van der Waals surface area (Å²) < 4.78 is 6.56. The zero-order chi connectivity index (χ0) is 18.0. The SMILES string of the molecule is CCc1cnc(N2CCC3(CC2)C[C@H](O)C[C@H](c2ccccc2)O3)nc1. The molecular formula is C21H27N3O2. The number of aromatic nitrogens is 2. The topological polar surface area (TPSA) is 58.5 Å². The average molecular weight is 353 g/mol. The monoisotopic (exact) mass is 353 g/mol. The molecule has 1 aromatic heterocycles. The van der Waals surface area contributed by atoms with Gasteiger partial charge in [-0.25, -0.2) is 9.97 Å². The van der Waals surface area contributed by atoms with Crippen molar-refractivity contribution in [3.8, 4) is 0 Å². The first-order valence-corrected chi connectivity index (χ1v) is 9.64. The Labute approximate surface area is 155 Å². The number of hydrogen-bond acceptors (Lipinski definition) is 5. The molecule has 3 heterocycles. The lowest BCUT2D eigenvalue weighted by molar-refractivity contribution is -0.173. The molecular weight excluding hydrogens is 326 g/mol. The Balaban J connectivity index is 1.44. The highest BCUT2D eigenvalue weighted by atomic mass is 16.5. The fraction of sp³-hybridized carbons (Fsp3) is 0.524. The molecule has 0 unspecified atom stereocenters. The summed E-state index contributed by atoms with van der Waals surface area (Å²) in [4.78, 5) is 11.2. The van der Waals surface area contributed by atoms with E-state index in [2.05, 4.69) is 33.9 Å². The standard InChI is InChI=1S/C21H27N3O2/c1-2-16-14-22-20(23-15-16)24-10-8-21(9-11-24)13-18(25)12-19(26-21)17-6-4-3-5-7-17/h3-7,14-15,18-19,25H,2,8-13H2,1H3/t18-,19-/m1/s1. The van der Waals surface area contributed by atoms with Gasteiger partial charge in [0.2, 0.25) is 5.95 Å². The van der Waals surface area contributed by atoms with E-state index >= 15 is 0 Å². The number of aliphatic hydroxyl groups excluding tert-OH is 1. The van der Waals surface area contributed by atoms with E-state index in [0.717, 1.165) is 55.8 Å². The van der Waals surface area contributed by atoms with Crippen molar-refractivity contribution in [3.05, 3.63) is 53.9 Å². The maximum Gasteiger partial charge on any atom is 0.225 e. The number of ether oxygens (including phenoxy) is 1. The third-order valence-electron chi connectivity index (χ3n) is 5.71. The van der Waals surface area contributed by atoms with Crippen LogP contribution in [0, 0.1) is 0 Å². The van der Waals surface area contributed by atoms with Gasteiger partial charge in [-0.05, 0) is 30.4 Å². The predicted molar refractivity (Wildman–Crippen MR) is 101 cm³/mol. The van der Waals surface area contributed by atoms with Gasteiger partial charge >= 0.3 is 0 Å². The summed E-state index contributed by atoms with van der Waals surface area (Å²) in [6.45, 7) is 3.83. The molecule has 2 aliphatic heterocycles. The number of anilines is 1. The Bertz CT molecular complexity index is 712. The van der Waals surface area contributed by atoms with Gasteiger partial charge in [0.15, 0.2) is 0 Å². The third-order valence-corrected chi connectivity index (χ3v) is 5.71. The van der Waals surface area contributed by atoms with Crippen LogP contribution in [0.3, 0.4) is 0 Å². The summed E-state index contributed by atoms with van der Waals surface area (Å²) in [5, 5.41) is 10.5. The maximum atomic E-state index is 10.5. The van der Waals surface area contributed by atoms with Crippen molar-refractivity contribution in [2.75, 3.05) is 18.0 Å². The number of aryl methyl sites for hydroxylation is 1. The smallest absolute Gasteiger partial charge is 0.225 e. The summed E-state index contributed by atoms with van der Waals surface area (Å²) in [6, 6.07) is 10.3. The molecule has 2 aromatic rings. The Morgan fingerprint density at radius 1 is 1.15 bits per heavy atom. The highest BCUT2D eigenvalue weighted by Gasteiger charge is 2.44. The lowest BCUT2D eigenvalue weighted by atomic mass is 9.81. The normalized spacial score (nSPS) is 25.4. The van der Waals surface area contributed by atoms with Crippen LogP contribution in [0.15, 0.2) is 42.7 Å². The van der Waals surface area contributed by atoms with Crippen LogP contribution in [0.25, 0.3) is 0 Å². The van der Waals surface area contributed by atoms with Crippen LogP contribution in [0.5, 0.6) is 0 Å². The summed E-state index contributed by atoms with van der Waals surface area (Å²) in [7, 11) is 0. The van der Waals surface area contributed by atoms with Gasteiger partial charge in [0, 0.05) is 38.3 Å². The molecule has 2 fully saturated rings. The van der Waals surface area contributed by atoms with Gasteiger partial charge in [0.1, 0.15) is 0 Å². The summed E-state index contributed by atoms with van der Waals surface area (Å²) in [5.74, 6) is 0.799. The van der Waals surface area contributed by atoms with E-state index in [1.165, 1.54) is 0 Å². The van der Waals surface area contributed by atoms with Crippen LogP contribution < -0.4 is 4.90 Å². The molecule has 4 rings (SSSR count). The summed E-state index contributed by atoms with van der Waals surface area (Å²) >= 11 is 0. The minimum Gasteiger partial charge on any atom is -0.393 e. The Morgan fingerprint density at radius 2 is 1.85 bits per heavy atom. The van der Waals surface area contributed by atoms with Gasteiger partial charge in [-0.3, -0.25) is 0 Å². The molecule has 26 heavy (non-hydrogen) atoms. The van der Waals surface area contributed by atoms with E-state index in [1.807, 2.05) is 30.6 Å². The van der Waals surface area contributed by atoms with Crippen LogP contribution >= 0.6 is 0 Å². The van der Waals surface area contributed by atoms with Gasteiger partial charge in [-0.1, -0.05) is 37.3 Å². The van der Waals surface area contributed by atoms with Crippen LogP contribution in [0.1, 0.15) is 49.8 Å². The summed E-state index contributed by atoms with van der Waals surface area (Å²) in [5.41, 5.74) is 2.08. The first-order chi connectivity index (χ1) is 12.7. The first kappa shape index (κ1) is 17.4. The second-order valence-corrected chi connectivity index (χ2v) is 7.53. The van der Waals surface area contributed by atoms with Crippen molar-refractivity contribution in [2.45, 2.75) is 56.8 Å². The van der Waals surface area contributed by atoms with Crippen LogP contribution in [0.4, 0.5) is 5.95 Å². The molecule has 5 heteroatoms. The molecule has 2 saturated heterocycles. The molecule has 2 aliphatic rings. The molecule has 1 spiro atoms. The van der Waals surface area contributed by atoms with Gasteiger partial charge < -0.3 is 14.7 Å². The molecule has 5 nitrogen and oxygen atoms in total. The lowest BCUT2D eigenvalue weighted by Crippen LogP contribution is -2.51. The van der Waals surface area contributed by atoms with Crippen molar-refractivity contribution in [1.82, 2.24) is 9.97 Å². The predicted octanol–water partition coefficient (Wildman–Crippen LogP) is 3.29. The zero-order valence-corrected chi connectivity index (χ0v) is 15.3. The van der Waals surface area contributed by atoms with Crippen LogP contribution in [0.2, 0.25) is 0 Å². The molecule has 0 radical (unpaired) electrons. The van der Waals surface area contributed by atoms with Crippen LogP contribution in [-0.2, 0) is 11.2 Å². The van der Waals surface area contributed by atoms with E-state index in [4.69, 9.17) is 4.74 Å². The first-order valence-electron chi connectivity index (χ1n) is 9.64. The molecule has 0 amide bonds. The van der Waals surface area contributed by atoms with Gasteiger partial charge in [0.05, 0.1) is 17.8 Å². The Morgan fingerprint density at radius 3 is 2.50 bits per heavy atom. The number of aliphatic hydroxyl groups is 1. The minimum atomic E-state index is -0.305. The number of piperidine rings is 1. The molecule has 0 aliphatic carbocycles.